The van der Waals surface area contributed by atoms with Crippen LogP contribution in [-0.2, 0) is 11.2 Å². The third-order valence-electron chi connectivity index (χ3n) is 6.22. The van der Waals surface area contributed by atoms with Crippen molar-refractivity contribution >= 4 is 5.91 Å². The lowest BCUT2D eigenvalue weighted by Crippen LogP contribution is -2.50. The van der Waals surface area contributed by atoms with Gasteiger partial charge in [0.2, 0.25) is 5.91 Å². The zero-order valence-electron chi connectivity index (χ0n) is 18.2. The highest BCUT2D eigenvalue weighted by molar-refractivity contribution is 5.79. The first-order chi connectivity index (χ1) is 15.8. The molecule has 0 bridgehead atoms. The Labute approximate surface area is 189 Å². The summed E-state index contributed by atoms with van der Waals surface area (Å²) in [6, 6.07) is 27.3. The smallest absolute Gasteiger partial charge is 0.227 e. The Morgan fingerprint density at radius 3 is 1.97 bits per heavy atom. The first-order valence-electron chi connectivity index (χ1n) is 11.3. The summed E-state index contributed by atoms with van der Waals surface area (Å²) in [7, 11) is 0. The molecule has 1 fully saturated rings. The van der Waals surface area contributed by atoms with Gasteiger partial charge in [-0.1, -0.05) is 66.7 Å². The highest BCUT2D eigenvalue weighted by Crippen LogP contribution is 2.32. The van der Waals surface area contributed by atoms with E-state index in [4.69, 9.17) is 9.47 Å². The van der Waals surface area contributed by atoms with E-state index in [1.54, 1.807) is 0 Å². The summed E-state index contributed by atoms with van der Waals surface area (Å²) in [6.07, 6.45) is 0.386. The van der Waals surface area contributed by atoms with Gasteiger partial charge in [0.15, 0.2) is 11.5 Å². The minimum Gasteiger partial charge on any atom is -0.486 e. The van der Waals surface area contributed by atoms with E-state index in [2.05, 4.69) is 65.6 Å². The second-order valence-electron chi connectivity index (χ2n) is 8.30. The number of benzene rings is 3. The van der Waals surface area contributed by atoms with Crippen LogP contribution in [0.25, 0.3) is 0 Å². The first kappa shape index (κ1) is 20.6. The fraction of sp³-hybridized carbons (Fsp3) is 0.296. The fourth-order valence-corrected chi connectivity index (χ4v) is 4.60. The van der Waals surface area contributed by atoms with E-state index >= 15 is 0 Å². The van der Waals surface area contributed by atoms with E-state index in [-0.39, 0.29) is 11.9 Å². The van der Waals surface area contributed by atoms with Gasteiger partial charge in [0.1, 0.15) is 13.2 Å². The molecule has 2 heterocycles. The van der Waals surface area contributed by atoms with Crippen LogP contribution in [-0.4, -0.2) is 55.1 Å². The lowest BCUT2D eigenvalue weighted by atomic mass is 9.96. The molecule has 3 aromatic rings. The Balaban J connectivity index is 1.25. The molecular weight excluding hydrogens is 400 g/mol. The van der Waals surface area contributed by atoms with E-state index < -0.39 is 0 Å². The first-order valence-corrected chi connectivity index (χ1v) is 11.3. The lowest BCUT2D eigenvalue weighted by molar-refractivity contribution is -0.132. The molecule has 0 atom stereocenters. The number of fused-ring (bicyclic) bond motifs is 1. The molecule has 1 amide bonds. The summed E-state index contributed by atoms with van der Waals surface area (Å²) < 4.78 is 11.2. The van der Waals surface area contributed by atoms with Crippen LogP contribution in [0.2, 0.25) is 0 Å². The summed E-state index contributed by atoms with van der Waals surface area (Å²) in [4.78, 5) is 17.5. The topological polar surface area (TPSA) is 42.0 Å². The van der Waals surface area contributed by atoms with Crippen molar-refractivity contribution < 1.29 is 14.3 Å². The van der Waals surface area contributed by atoms with Crippen LogP contribution in [0.1, 0.15) is 22.7 Å². The second kappa shape index (κ2) is 9.45. The molecule has 5 nitrogen and oxygen atoms in total. The minimum atomic E-state index is 0.164. The number of nitrogens with zero attached hydrogens (tertiary/aromatic N) is 2. The van der Waals surface area contributed by atoms with Crippen molar-refractivity contribution in [2.75, 3.05) is 39.4 Å². The van der Waals surface area contributed by atoms with Gasteiger partial charge in [-0.15, -0.1) is 0 Å². The van der Waals surface area contributed by atoms with Gasteiger partial charge in [-0.3, -0.25) is 9.69 Å². The van der Waals surface area contributed by atoms with Crippen LogP contribution in [0.15, 0.2) is 78.9 Å². The predicted octanol–water partition coefficient (Wildman–Crippen LogP) is 3.93. The summed E-state index contributed by atoms with van der Waals surface area (Å²) >= 11 is 0. The van der Waals surface area contributed by atoms with Gasteiger partial charge in [-0.25, -0.2) is 0 Å². The minimum absolute atomic E-state index is 0.164. The van der Waals surface area contributed by atoms with Gasteiger partial charge in [0, 0.05) is 26.2 Å². The number of rotatable bonds is 5. The van der Waals surface area contributed by atoms with Crippen LogP contribution < -0.4 is 9.47 Å². The van der Waals surface area contributed by atoms with Crippen LogP contribution >= 0.6 is 0 Å². The Bertz CT molecular complexity index is 1010. The normalized spacial score (nSPS) is 16.2. The monoisotopic (exact) mass is 428 g/mol. The van der Waals surface area contributed by atoms with Crippen molar-refractivity contribution in [3.63, 3.8) is 0 Å². The molecule has 5 heteroatoms. The maximum absolute atomic E-state index is 13.0. The number of carbonyl (C=O) groups is 1. The zero-order valence-corrected chi connectivity index (χ0v) is 18.2. The Hall–Kier alpha value is -3.31. The number of hydrogen-bond donors (Lipinski definition) is 0. The average molecular weight is 429 g/mol. The van der Waals surface area contributed by atoms with Gasteiger partial charge in [0.25, 0.3) is 0 Å². The molecule has 32 heavy (non-hydrogen) atoms. The maximum Gasteiger partial charge on any atom is 0.227 e. The maximum atomic E-state index is 13.0. The average Bonchev–Trinajstić information content (AvgIpc) is 2.86. The number of piperazine rings is 1. The third kappa shape index (κ3) is 4.48. The molecule has 0 N–H and O–H groups in total. The SMILES string of the molecule is O=C(Cc1ccc2c(c1)OCCO2)N1CCN(C(c2ccccc2)c2ccccc2)CC1. The lowest BCUT2D eigenvalue weighted by Gasteiger charge is -2.40. The zero-order chi connectivity index (χ0) is 21.8. The second-order valence-corrected chi connectivity index (χ2v) is 8.30. The molecule has 0 spiro atoms. The van der Waals surface area contributed by atoms with Crippen molar-refractivity contribution in [3.8, 4) is 11.5 Å². The summed E-state index contributed by atoms with van der Waals surface area (Å²) in [5.74, 6) is 1.66. The molecule has 0 radical (unpaired) electrons. The molecule has 3 aromatic carbocycles. The molecule has 164 valence electrons. The third-order valence-corrected chi connectivity index (χ3v) is 6.22. The molecule has 1 saturated heterocycles. The van der Waals surface area contributed by atoms with Crippen LogP contribution in [0.3, 0.4) is 0 Å². The van der Waals surface area contributed by atoms with Crippen LogP contribution in [0.5, 0.6) is 11.5 Å². The molecule has 2 aliphatic rings. The number of amides is 1. The van der Waals surface area contributed by atoms with Gasteiger partial charge in [0.05, 0.1) is 12.5 Å². The molecule has 5 rings (SSSR count). The number of carbonyl (C=O) groups excluding carboxylic acids is 1. The van der Waals surface area contributed by atoms with Gasteiger partial charge < -0.3 is 14.4 Å². The van der Waals surface area contributed by atoms with Crippen LogP contribution in [0, 0.1) is 0 Å². The largest absolute Gasteiger partial charge is 0.486 e. The number of hydrogen-bond acceptors (Lipinski definition) is 4. The van der Waals surface area contributed by atoms with Crippen LogP contribution in [0.4, 0.5) is 0 Å². The van der Waals surface area contributed by atoms with Crippen molar-refractivity contribution in [2.45, 2.75) is 12.5 Å². The van der Waals surface area contributed by atoms with Crippen molar-refractivity contribution in [1.82, 2.24) is 9.80 Å². The van der Waals surface area contributed by atoms with E-state index in [0.29, 0.717) is 19.6 Å². The van der Waals surface area contributed by atoms with E-state index in [0.717, 1.165) is 43.2 Å². The summed E-state index contributed by atoms with van der Waals surface area (Å²) in [5.41, 5.74) is 3.54. The summed E-state index contributed by atoms with van der Waals surface area (Å²) in [5, 5.41) is 0. The van der Waals surface area contributed by atoms with E-state index in [1.807, 2.05) is 23.1 Å². The van der Waals surface area contributed by atoms with Gasteiger partial charge in [-0.05, 0) is 28.8 Å². The predicted molar refractivity (Wildman–Crippen MR) is 124 cm³/mol. The quantitative estimate of drug-likeness (QED) is 0.618. The highest BCUT2D eigenvalue weighted by atomic mass is 16.6. The molecule has 0 unspecified atom stereocenters. The van der Waals surface area contributed by atoms with Gasteiger partial charge >= 0.3 is 0 Å². The van der Waals surface area contributed by atoms with E-state index in [9.17, 15) is 4.79 Å². The van der Waals surface area contributed by atoms with Crippen molar-refractivity contribution in [1.29, 1.82) is 0 Å². The highest BCUT2D eigenvalue weighted by Gasteiger charge is 2.28. The van der Waals surface area contributed by atoms with Crippen molar-refractivity contribution in [3.05, 3.63) is 95.6 Å². The van der Waals surface area contributed by atoms with E-state index in [1.165, 1.54) is 11.1 Å². The molecular formula is C27H28N2O3. The Morgan fingerprint density at radius 2 is 1.34 bits per heavy atom. The summed E-state index contributed by atoms with van der Waals surface area (Å²) in [6.45, 7) is 4.29. The number of ether oxygens (including phenoxy) is 2. The van der Waals surface area contributed by atoms with Gasteiger partial charge in [-0.2, -0.15) is 0 Å². The molecule has 0 saturated carbocycles. The molecule has 0 aromatic heterocycles. The molecule has 0 aliphatic carbocycles. The fourth-order valence-electron chi connectivity index (χ4n) is 4.60. The standard InChI is InChI=1S/C27H28N2O3/c30-26(20-21-11-12-24-25(19-21)32-18-17-31-24)28-13-15-29(16-14-28)27(22-7-3-1-4-8-22)23-9-5-2-6-10-23/h1-12,19,27H,13-18,20H2. The Morgan fingerprint density at radius 1 is 0.750 bits per heavy atom. The van der Waals surface area contributed by atoms with Crippen molar-refractivity contribution in [2.24, 2.45) is 0 Å². The molecule has 2 aliphatic heterocycles. The Kier molecular flexibility index (Phi) is 6.08.